The summed E-state index contributed by atoms with van der Waals surface area (Å²) in [5.41, 5.74) is -0.0521. The molecule has 0 N–H and O–H groups in total. The van der Waals surface area contributed by atoms with Crippen molar-refractivity contribution < 1.29 is 44.3 Å². The summed E-state index contributed by atoms with van der Waals surface area (Å²) >= 11 is 0. The number of amides is 1. The summed E-state index contributed by atoms with van der Waals surface area (Å²) < 4.78 is 116. The summed E-state index contributed by atoms with van der Waals surface area (Å²) in [4.78, 5) is 13.2. The van der Waals surface area contributed by atoms with E-state index in [9.17, 15) is 44.3 Å². The van der Waals surface area contributed by atoms with Crippen LogP contribution in [-0.2, 0) is 11.3 Å². The maximum Gasteiger partial charge on any atom is 0.460 e. The van der Waals surface area contributed by atoms with E-state index in [0.717, 1.165) is 6.07 Å². The van der Waals surface area contributed by atoms with Crippen molar-refractivity contribution in [2.75, 3.05) is 26.2 Å². The van der Waals surface area contributed by atoms with Crippen LogP contribution in [0.3, 0.4) is 0 Å². The molecule has 1 aromatic carbocycles. The predicted octanol–water partition coefficient (Wildman–Crippen LogP) is 3.44. The van der Waals surface area contributed by atoms with E-state index in [1.54, 1.807) is 0 Å². The average Bonchev–Trinajstić information content (AvgIpc) is 2.58. The van der Waals surface area contributed by atoms with E-state index in [2.05, 4.69) is 0 Å². The summed E-state index contributed by atoms with van der Waals surface area (Å²) in [7, 11) is 0. The van der Waals surface area contributed by atoms with E-state index >= 15 is 0 Å². The smallest absolute Gasteiger partial charge is 0.335 e. The molecule has 27 heavy (non-hydrogen) atoms. The number of alkyl halides is 7. The molecular weight excluding hydrogens is 395 g/mol. The van der Waals surface area contributed by atoms with Gasteiger partial charge in [0.05, 0.1) is 0 Å². The minimum atomic E-state index is -6.59. The van der Waals surface area contributed by atoms with Gasteiger partial charge in [-0.15, -0.1) is 0 Å². The number of hydrogen-bond acceptors (Lipinski definition) is 2. The fraction of sp³-hybridized carbons (Fsp3) is 0.533. The standard InChI is InChI=1S/C15H13F9N2O/c16-10-3-1-2-9(11(10)17)8-25-4-6-26(7-5-25)12(27)13(18,19)14(20,21)15(22,23)24/h1-3H,4-8H2. The Labute approximate surface area is 147 Å². The van der Waals surface area contributed by atoms with Crippen molar-refractivity contribution in [1.29, 1.82) is 0 Å². The Balaban J connectivity index is 2.02. The van der Waals surface area contributed by atoms with E-state index in [4.69, 9.17) is 0 Å². The van der Waals surface area contributed by atoms with E-state index < -0.39 is 48.7 Å². The Morgan fingerprint density at radius 3 is 2.00 bits per heavy atom. The van der Waals surface area contributed by atoms with Crippen LogP contribution in [0.4, 0.5) is 39.5 Å². The molecule has 1 heterocycles. The number of nitrogens with zero attached hydrogens (tertiary/aromatic N) is 2. The van der Waals surface area contributed by atoms with Gasteiger partial charge in [-0.05, 0) is 6.07 Å². The second kappa shape index (κ2) is 7.21. The van der Waals surface area contributed by atoms with Crippen LogP contribution < -0.4 is 0 Å². The normalized spacial score (nSPS) is 17.3. The van der Waals surface area contributed by atoms with Crippen LogP contribution in [0.15, 0.2) is 18.2 Å². The molecule has 0 aromatic heterocycles. The monoisotopic (exact) mass is 408 g/mol. The fourth-order valence-corrected chi connectivity index (χ4v) is 2.53. The van der Waals surface area contributed by atoms with E-state index in [0.29, 0.717) is 0 Å². The van der Waals surface area contributed by atoms with Crippen molar-refractivity contribution in [3.63, 3.8) is 0 Å². The largest absolute Gasteiger partial charge is 0.460 e. The molecule has 1 saturated heterocycles. The number of hydrogen-bond donors (Lipinski definition) is 0. The van der Waals surface area contributed by atoms with Gasteiger partial charge in [-0.1, -0.05) is 12.1 Å². The van der Waals surface area contributed by atoms with E-state index in [1.165, 1.54) is 17.0 Å². The van der Waals surface area contributed by atoms with Gasteiger partial charge in [0, 0.05) is 38.3 Å². The molecular formula is C15H13F9N2O. The lowest BCUT2D eigenvalue weighted by Gasteiger charge is -2.37. The van der Waals surface area contributed by atoms with Crippen LogP contribution in [0.1, 0.15) is 5.56 Å². The Morgan fingerprint density at radius 1 is 0.926 bits per heavy atom. The van der Waals surface area contributed by atoms with E-state index in [1.807, 2.05) is 0 Å². The molecule has 12 heteroatoms. The van der Waals surface area contributed by atoms with Crippen molar-refractivity contribution in [3.05, 3.63) is 35.4 Å². The highest BCUT2D eigenvalue weighted by Crippen LogP contribution is 2.47. The number of carbonyl (C=O) groups is 1. The zero-order chi connectivity index (χ0) is 20.6. The first-order valence-electron chi connectivity index (χ1n) is 7.56. The number of benzene rings is 1. The van der Waals surface area contributed by atoms with Crippen molar-refractivity contribution >= 4 is 5.91 Å². The Morgan fingerprint density at radius 2 is 1.48 bits per heavy atom. The first kappa shape index (κ1) is 21.3. The first-order valence-corrected chi connectivity index (χ1v) is 7.56. The molecule has 0 saturated carbocycles. The molecule has 1 aliphatic heterocycles. The topological polar surface area (TPSA) is 23.6 Å². The number of halogens is 9. The molecule has 0 unspecified atom stereocenters. The Kier molecular flexibility index (Phi) is 5.69. The maximum absolute atomic E-state index is 13.6. The SMILES string of the molecule is O=C(N1CCN(Cc2cccc(F)c2F)CC1)C(F)(F)C(F)(F)C(F)(F)F. The van der Waals surface area contributed by atoms with Crippen LogP contribution in [0, 0.1) is 11.6 Å². The zero-order valence-electron chi connectivity index (χ0n) is 13.5. The average molecular weight is 408 g/mol. The predicted molar refractivity (Wildman–Crippen MR) is 74.2 cm³/mol. The lowest BCUT2D eigenvalue weighted by Crippen LogP contribution is -2.62. The molecule has 0 radical (unpaired) electrons. The van der Waals surface area contributed by atoms with Crippen LogP contribution >= 0.6 is 0 Å². The molecule has 2 rings (SSSR count). The van der Waals surface area contributed by atoms with Gasteiger partial charge < -0.3 is 4.90 Å². The molecule has 0 bridgehead atoms. The highest BCUT2D eigenvalue weighted by Gasteiger charge is 2.76. The summed E-state index contributed by atoms with van der Waals surface area (Å²) in [5.74, 6) is -17.3. The zero-order valence-corrected chi connectivity index (χ0v) is 13.5. The minimum Gasteiger partial charge on any atom is -0.335 e. The maximum atomic E-state index is 13.6. The first-order chi connectivity index (χ1) is 12.3. The highest BCUT2D eigenvalue weighted by molar-refractivity contribution is 5.85. The lowest BCUT2D eigenvalue weighted by molar-refractivity contribution is -0.346. The van der Waals surface area contributed by atoms with Crippen LogP contribution in [0.2, 0.25) is 0 Å². The molecule has 0 atom stereocenters. The van der Waals surface area contributed by atoms with Crippen LogP contribution in [0.5, 0.6) is 0 Å². The molecule has 1 aliphatic rings. The van der Waals surface area contributed by atoms with Gasteiger partial charge in [0.15, 0.2) is 11.6 Å². The number of carbonyl (C=O) groups excluding carboxylic acids is 1. The third kappa shape index (κ3) is 3.99. The second-order valence-corrected chi connectivity index (χ2v) is 5.93. The third-order valence-corrected chi connectivity index (χ3v) is 4.10. The van der Waals surface area contributed by atoms with Gasteiger partial charge in [-0.25, -0.2) is 8.78 Å². The van der Waals surface area contributed by atoms with Crippen LogP contribution in [-0.4, -0.2) is 59.9 Å². The highest BCUT2D eigenvalue weighted by atomic mass is 19.4. The molecule has 0 aliphatic carbocycles. The Bertz CT molecular complexity index is 697. The van der Waals surface area contributed by atoms with Crippen molar-refractivity contribution in [2.45, 2.75) is 24.6 Å². The van der Waals surface area contributed by atoms with E-state index in [-0.39, 0.29) is 30.1 Å². The van der Waals surface area contributed by atoms with Crippen molar-refractivity contribution in [3.8, 4) is 0 Å². The van der Waals surface area contributed by atoms with Gasteiger partial charge in [0.1, 0.15) is 0 Å². The van der Waals surface area contributed by atoms with Gasteiger partial charge in [0.25, 0.3) is 5.91 Å². The molecule has 0 spiro atoms. The van der Waals surface area contributed by atoms with Gasteiger partial charge in [0.2, 0.25) is 0 Å². The van der Waals surface area contributed by atoms with Crippen LogP contribution in [0.25, 0.3) is 0 Å². The quantitative estimate of drug-likeness (QED) is 0.713. The molecule has 152 valence electrons. The second-order valence-electron chi connectivity index (χ2n) is 5.93. The molecule has 1 fully saturated rings. The van der Waals surface area contributed by atoms with Gasteiger partial charge >= 0.3 is 18.0 Å². The minimum absolute atomic E-state index is 0.0521. The molecule has 3 nitrogen and oxygen atoms in total. The van der Waals surface area contributed by atoms with Gasteiger partial charge in [-0.2, -0.15) is 30.7 Å². The number of piperazine rings is 1. The summed E-state index contributed by atoms with van der Waals surface area (Å²) in [5, 5.41) is 0. The van der Waals surface area contributed by atoms with Crippen molar-refractivity contribution in [2.24, 2.45) is 0 Å². The number of rotatable bonds is 4. The molecule has 1 aromatic rings. The molecule has 1 amide bonds. The summed E-state index contributed by atoms with van der Waals surface area (Å²) in [6.45, 7) is -1.69. The Hall–Kier alpha value is -1.98. The lowest BCUT2D eigenvalue weighted by atomic mass is 10.1. The van der Waals surface area contributed by atoms with Gasteiger partial charge in [-0.3, -0.25) is 9.69 Å². The summed E-state index contributed by atoms with van der Waals surface area (Å²) in [6, 6.07) is 3.40. The third-order valence-electron chi connectivity index (χ3n) is 4.10. The fourth-order valence-electron chi connectivity index (χ4n) is 2.53. The van der Waals surface area contributed by atoms with Crippen molar-refractivity contribution in [1.82, 2.24) is 9.80 Å². The summed E-state index contributed by atoms with van der Waals surface area (Å²) in [6.07, 6.45) is -6.59.